The van der Waals surface area contributed by atoms with Gasteiger partial charge in [0.25, 0.3) is 0 Å². The van der Waals surface area contributed by atoms with Gasteiger partial charge in [0.15, 0.2) is 6.29 Å². The minimum atomic E-state index is -0.292. The van der Waals surface area contributed by atoms with Crippen molar-refractivity contribution < 1.29 is 14.2 Å². The van der Waals surface area contributed by atoms with E-state index in [1.807, 2.05) is 0 Å². The first-order valence-electron chi connectivity index (χ1n) is 3.71. The number of epoxide rings is 1. The van der Waals surface area contributed by atoms with Gasteiger partial charge in [-0.3, -0.25) is 0 Å². The van der Waals surface area contributed by atoms with Crippen LogP contribution < -0.4 is 0 Å². The van der Waals surface area contributed by atoms with E-state index in [1.165, 1.54) is 0 Å². The Balaban J connectivity index is 1.98. The van der Waals surface area contributed by atoms with Gasteiger partial charge in [0.05, 0.1) is 12.6 Å². The Bertz CT molecular complexity index is 228. The molecule has 0 aromatic rings. The van der Waals surface area contributed by atoms with Crippen LogP contribution in [0.1, 0.15) is 0 Å². The van der Waals surface area contributed by atoms with Crippen molar-refractivity contribution in [3.8, 4) is 0 Å². The summed E-state index contributed by atoms with van der Waals surface area (Å²) < 4.78 is 15.5. The first-order valence-corrected chi connectivity index (χ1v) is 3.71. The van der Waals surface area contributed by atoms with Crippen LogP contribution in [0.5, 0.6) is 0 Å². The molecule has 0 aliphatic carbocycles. The summed E-state index contributed by atoms with van der Waals surface area (Å²) in [7, 11) is 1.57. The van der Waals surface area contributed by atoms with Crippen molar-refractivity contribution in [2.75, 3.05) is 13.7 Å². The zero-order chi connectivity index (χ0) is 8.55. The number of hydrogen-bond acceptors (Lipinski definition) is 4. The zero-order valence-corrected chi connectivity index (χ0v) is 6.58. The summed E-state index contributed by atoms with van der Waals surface area (Å²) in [5.74, 6) is 0. The highest BCUT2D eigenvalue weighted by atomic mass is 16.7. The molecule has 0 aromatic carbocycles. The van der Waals surface area contributed by atoms with Gasteiger partial charge in [-0.15, -0.1) is 0 Å². The average molecular weight is 171 g/mol. The zero-order valence-electron chi connectivity index (χ0n) is 6.58. The fraction of sp³-hybridized carbons (Fsp3) is 1.00. The average Bonchev–Trinajstić information content (AvgIpc) is 2.85. The van der Waals surface area contributed by atoms with E-state index in [0.717, 1.165) is 0 Å². The van der Waals surface area contributed by atoms with Crippen molar-refractivity contribution in [3.05, 3.63) is 10.4 Å². The fourth-order valence-electron chi connectivity index (χ4n) is 1.42. The van der Waals surface area contributed by atoms with E-state index in [2.05, 4.69) is 10.0 Å². The number of ether oxygens (including phenoxy) is 3. The van der Waals surface area contributed by atoms with Crippen LogP contribution in [0.15, 0.2) is 5.11 Å². The molecule has 6 heteroatoms. The molecule has 66 valence electrons. The number of nitrogens with zero attached hydrogens (tertiary/aromatic N) is 3. The molecule has 0 N–H and O–H groups in total. The third kappa shape index (κ3) is 1.15. The van der Waals surface area contributed by atoms with Crippen LogP contribution in [0, 0.1) is 0 Å². The summed E-state index contributed by atoms with van der Waals surface area (Å²) in [6.07, 6.45) is -0.334. The van der Waals surface area contributed by atoms with Crippen LogP contribution in [0.25, 0.3) is 10.4 Å². The Hall–Kier alpha value is -0.810. The Morgan fingerprint density at radius 2 is 2.42 bits per heavy atom. The lowest BCUT2D eigenvalue weighted by Crippen LogP contribution is -2.37. The Morgan fingerprint density at radius 1 is 1.58 bits per heavy atom. The molecule has 0 saturated carbocycles. The molecule has 0 aromatic heterocycles. The lowest BCUT2D eigenvalue weighted by molar-refractivity contribution is -0.144. The van der Waals surface area contributed by atoms with Crippen molar-refractivity contribution >= 4 is 0 Å². The Labute approximate surface area is 69.0 Å². The molecule has 0 spiro atoms. The van der Waals surface area contributed by atoms with Gasteiger partial charge in [0.1, 0.15) is 12.2 Å². The van der Waals surface area contributed by atoms with Crippen LogP contribution in [-0.4, -0.2) is 38.3 Å². The summed E-state index contributed by atoms with van der Waals surface area (Å²) in [4.78, 5) is 2.71. The van der Waals surface area contributed by atoms with Gasteiger partial charge >= 0.3 is 0 Å². The van der Waals surface area contributed by atoms with Crippen LogP contribution in [-0.2, 0) is 14.2 Å². The van der Waals surface area contributed by atoms with Crippen LogP contribution in [0.4, 0.5) is 0 Å². The molecule has 2 fully saturated rings. The first-order chi connectivity index (χ1) is 5.86. The molecular weight excluding hydrogens is 162 g/mol. The minimum Gasteiger partial charge on any atom is -0.364 e. The van der Waals surface area contributed by atoms with Gasteiger partial charge in [-0.1, -0.05) is 5.11 Å². The standard InChI is InChI=1S/C6H9N3O3/c1-10-6-5-4(12-5)3(2-11-6)8-9-7/h3-6H,2H2,1H3/t3-,4+,5-,6-/m1/s1. The van der Waals surface area contributed by atoms with Crippen molar-refractivity contribution in [1.29, 1.82) is 0 Å². The maximum Gasteiger partial charge on any atom is 0.185 e. The molecule has 2 aliphatic heterocycles. The predicted molar refractivity (Wildman–Crippen MR) is 38.3 cm³/mol. The monoisotopic (exact) mass is 171 g/mol. The summed E-state index contributed by atoms with van der Waals surface area (Å²) in [5.41, 5.74) is 8.19. The highest BCUT2D eigenvalue weighted by Gasteiger charge is 2.54. The molecule has 0 bridgehead atoms. The maximum atomic E-state index is 8.19. The molecule has 0 amide bonds. The van der Waals surface area contributed by atoms with Gasteiger partial charge in [0, 0.05) is 12.0 Å². The fourth-order valence-corrected chi connectivity index (χ4v) is 1.42. The third-order valence-electron chi connectivity index (χ3n) is 2.07. The number of hydrogen-bond donors (Lipinski definition) is 0. The summed E-state index contributed by atoms with van der Waals surface area (Å²) in [5, 5.41) is 3.55. The van der Waals surface area contributed by atoms with Gasteiger partial charge in [0.2, 0.25) is 0 Å². The molecule has 2 aliphatic rings. The molecule has 0 radical (unpaired) electrons. The Morgan fingerprint density at radius 3 is 3.08 bits per heavy atom. The van der Waals surface area contributed by atoms with Crippen LogP contribution in [0.3, 0.4) is 0 Å². The summed E-state index contributed by atoms with van der Waals surface area (Å²) in [6, 6.07) is -0.189. The topological polar surface area (TPSA) is 79.8 Å². The SMILES string of the molecule is CO[C@@H]1OC[C@@H](N=[N+]=[N-])[C@@H]2O[C@@H]12. The second-order valence-corrected chi connectivity index (χ2v) is 2.78. The molecular formula is C6H9N3O3. The molecule has 4 atom stereocenters. The number of fused-ring (bicyclic) bond motifs is 1. The molecule has 12 heavy (non-hydrogen) atoms. The lowest BCUT2D eigenvalue weighted by atomic mass is 10.1. The van der Waals surface area contributed by atoms with Gasteiger partial charge in [-0.05, 0) is 5.53 Å². The van der Waals surface area contributed by atoms with Gasteiger partial charge < -0.3 is 14.2 Å². The number of azide groups is 1. The van der Waals surface area contributed by atoms with Crippen LogP contribution >= 0.6 is 0 Å². The van der Waals surface area contributed by atoms with Crippen LogP contribution in [0.2, 0.25) is 0 Å². The van der Waals surface area contributed by atoms with E-state index >= 15 is 0 Å². The minimum absolute atomic E-state index is 0.000370. The highest BCUT2D eigenvalue weighted by molar-refractivity contribution is 5.00. The largest absolute Gasteiger partial charge is 0.364 e. The first kappa shape index (κ1) is 7.82. The molecule has 0 unspecified atom stereocenters. The predicted octanol–water partition coefficient (Wildman–Crippen LogP) is 0.435. The van der Waals surface area contributed by atoms with E-state index in [0.29, 0.717) is 6.61 Å². The quantitative estimate of drug-likeness (QED) is 0.261. The Kier molecular flexibility index (Phi) is 1.90. The normalized spacial score (nSPS) is 44.4. The van der Waals surface area contributed by atoms with E-state index in [4.69, 9.17) is 19.7 Å². The van der Waals surface area contributed by atoms with Gasteiger partial charge in [-0.25, -0.2) is 0 Å². The third-order valence-corrected chi connectivity index (χ3v) is 2.07. The summed E-state index contributed by atoms with van der Waals surface area (Å²) >= 11 is 0. The van der Waals surface area contributed by atoms with E-state index < -0.39 is 0 Å². The van der Waals surface area contributed by atoms with Crippen molar-refractivity contribution in [2.24, 2.45) is 5.11 Å². The highest BCUT2D eigenvalue weighted by Crippen LogP contribution is 2.36. The smallest absolute Gasteiger partial charge is 0.185 e. The number of rotatable bonds is 2. The molecule has 6 nitrogen and oxygen atoms in total. The lowest BCUT2D eigenvalue weighted by Gasteiger charge is -2.20. The second-order valence-electron chi connectivity index (χ2n) is 2.78. The van der Waals surface area contributed by atoms with Crippen molar-refractivity contribution in [1.82, 2.24) is 0 Å². The molecule has 2 rings (SSSR count). The van der Waals surface area contributed by atoms with Crippen molar-refractivity contribution in [2.45, 2.75) is 24.5 Å². The maximum absolute atomic E-state index is 8.19. The van der Waals surface area contributed by atoms with E-state index in [9.17, 15) is 0 Å². The number of methoxy groups -OCH3 is 1. The van der Waals surface area contributed by atoms with E-state index in [-0.39, 0.29) is 24.5 Å². The van der Waals surface area contributed by atoms with Gasteiger partial charge in [-0.2, -0.15) is 0 Å². The molecule has 2 saturated heterocycles. The summed E-state index contributed by atoms with van der Waals surface area (Å²) in [6.45, 7) is 0.379. The molecule has 2 heterocycles. The van der Waals surface area contributed by atoms with Crippen molar-refractivity contribution in [3.63, 3.8) is 0 Å². The second kappa shape index (κ2) is 2.91. The van der Waals surface area contributed by atoms with E-state index in [1.54, 1.807) is 7.11 Å².